The van der Waals surface area contributed by atoms with Gasteiger partial charge in [-0.25, -0.2) is 9.78 Å². The van der Waals surface area contributed by atoms with Crippen LogP contribution in [0, 0.1) is 0 Å². The number of amides is 1. The number of rotatable bonds is 4. The van der Waals surface area contributed by atoms with Crippen molar-refractivity contribution in [3.05, 3.63) is 82.0 Å². The summed E-state index contributed by atoms with van der Waals surface area (Å²) in [5, 5.41) is 11.9. The fraction of sp³-hybridized carbons (Fsp3) is 0.0526. The van der Waals surface area contributed by atoms with Crippen LogP contribution in [0.3, 0.4) is 0 Å². The number of anilines is 1. The van der Waals surface area contributed by atoms with E-state index in [1.165, 1.54) is 6.33 Å². The Morgan fingerprint density at radius 2 is 1.89 bits per heavy atom. The highest BCUT2D eigenvalue weighted by Gasteiger charge is 2.29. The first-order valence-corrected chi connectivity index (χ1v) is 9.09. The first kappa shape index (κ1) is 17.9. The van der Waals surface area contributed by atoms with E-state index in [4.69, 9.17) is 4.74 Å². The lowest BCUT2D eigenvalue weighted by atomic mass is 10.1. The van der Waals surface area contributed by atoms with Crippen molar-refractivity contribution >= 4 is 39.6 Å². The van der Waals surface area contributed by atoms with E-state index in [-0.39, 0.29) is 5.82 Å². The van der Waals surface area contributed by atoms with Gasteiger partial charge in [-0.1, -0.05) is 40.2 Å². The van der Waals surface area contributed by atoms with Gasteiger partial charge in [0.05, 0.1) is 0 Å². The summed E-state index contributed by atoms with van der Waals surface area (Å²) in [6.07, 6.45) is 2.41. The van der Waals surface area contributed by atoms with Crippen LogP contribution in [0.5, 0.6) is 0 Å². The summed E-state index contributed by atoms with van der Waals surface area (Å²) in [6, 6.07) is 14.6. The molecule has 3 aromatic rings. The second-order valence-electron chi connectivity index (χ2n) is 5.95. The van der Waals surface area contributed by atoms with Gasteiger partial charge in [0.2, 0.25) is 5.82 Å². The topological polar surface area (TPSA) is 109 Å². The van der Waals surface area contributed by atoms with Crippen molar-refractivity contribution in [2.45, 2.75) is 6.23 Å². The highest BCUT2D eigenvalue weighted by molar-refractivity contribution is 9.10. The first-order valence-electron chi connectivity index (χ1n) is 8.30. The third-order valence-electron chi connectivity index (χ3n) is 4.01. The van der Waals surface area contributed by atoms with E-state index >= 15 is 0 Å². The van der Waals surface area contributed by atoms with Crippen LogP contribution in [-0.4, -0.2) is 27.1 Å². The minimum Gasteiger partial charge on any atom is -0.433 e. The fourth-order valence-electron chi connectivity index (χ4n) is 2.62. The summed E-state index contributed by atoms with van der Waals surface area (Å²) in [5.74, 6) is -0.691. The van der Waals surface area contributed by atoms with Crippen LogP contribution in [0.1, 0.15) is 28.0 Å². The molecular formula is C19H14BrN5O3. The highest BCUT2D eigenvalue weighted by Crippen LogP contribution is 2.26. The number of cyclic esters (lactones) is 1. The second kappa shape index (κ2) is 7.65. The van der Waals surface area contributed by atoms with E-state index in [1.54, 1.807) is 30.3 Å². The normalized spacial score (nSPS) is 17.2. The molecule has 1 saturated heterocycles. The van der Waals surface area contributed by atoms with Crippen LogP contribution in [-0.2, 0) is 9.53 Å². The molecule has 3 N–H and O–H groups in total. The van der Waals surface area contributed by atoms with Crippen molar-refractivity contribution in [3.63, 3.8) is 0 Å². The van der Waals surface area contributed by atoms with Gasteiger partial charge in [0, 0.05) is 15.7 Å². The van der Waals surface area contributed by atoms with Gasteiger partial charge in [-0.3, -0.25) is 9.89 Å². The summed E-state index contributed by atoms with van der Waals surface area (Å²) in [4.78, 5) is 27.9. The number of hydrogen-bond donors (Lipinski definition) is 3. The summed E-state index contributed by atoms with van der Waals surface area (Å²) in [5.41, 5.74) is 2.61. The molecule has 1 fully saturated rings. The van der Waals surface area contributed by atoms with Gasteiger partial charge in [-0.2, -0.15) is 5.10 Å². The van der Waals surface area contributed by atoms with Gasteiger partial charge < -0.3 is 15.4 Å². The van der Waals surface area contributed by atoms with Crippen molar-refractivity contribution < 1.29 is 14.3 Å². The van der Waals surface area contributed by atoms with Crippen molar-refractivity contribution in [2.24, 2.45) is 0 Å². The molecule has 140 valence electrons. The molecule has 0 unspecified atom stereocenters. The van der Waals surface area contributed by atoms with E-state index in [0.29, 0.717) is 11.4 Å². The molecule has 4 rings (SSSR count). The van der Waals surface area contributed by atoms with E-state index in [0.717, 1.165) is 15.6 Å². The summed E-state index contributed by atoms with van der Waals surface area (Å²) >= 11 is 3.38. The van der Waals surface area contributed by atoms with Crippen molar-refractivity contribution in [1.82, 2.24) is 20.5 Å². The maximum atomic E-state index is 12.1. The average molecular weight is 440 g/mol. The number of hydrogen-bond acceptors (Lipinski definition) is 6. The maximum Gasteiger partial charge on any atom is 0.356 e. The molecule has 1 aliphatic rings. The Hall–Kier alpha value is -3.46. The van der Waals surface area contributed by atoms with Crippen LogP contribution in [0.15, 0.2) is 65.0 Å². The molecule has 1 atom stereocenters. The number of nitrogens with one attached hydrogen (secondary N) is 3. The van der Waals surface area contributed by atoms with Crippen LogP contribution < -0.4 is 10.6 Å². The number of ether oxygens (including phenoxy) is 1. The molecule has 1 aliphatic heterocycles. The van der Waals surface area contributed by atoms with E-state index in [1.807, 2.05) is 24.3 Å². The monoisotopic (exact) mass is 439 g/mol. The molecule has 0 bridgehead atoms. The van der Waals surface area contributed by atoms with Gasteiger partial charge in [-0.05, 0) is 35.9 Å². The lowest BCUT2D eigenvalue weighted by Gasteiger charge is -2.11. The Labute approximate surface area is 168 Å². The number of halogens is 1. The molecular weight excluding hydrogens is 426 g/mol. The Morgan fingerprint density at radius 3 is 2.57 bits per heavy atom. The SMILES string of the molecule is O=C1O[C@@H](c2ccc(NC(=O)c3ncn[nH]3)cc2)N/C1=C/c1ccc(Br)cc1. The summed E-state index contributed by atoms with van der Waals surface area (Å²) in [6.45, 7) is 0. The number of esters is 1. The molecule has 0 radical (unpaired) electrons. The summed E-state index contributed by atoms with van der Waals surface area (Å²) in [7, 11) is 0. The largest absolute Gasteiger partial charge is 0.433 e. The van der Waals surface area contributed by atoms with Crippen LogP contribution in [0.2, 0.25) is 0 Å². The molecule has 2 aromatic carbocycles. The summed E-state index contributed by atoms with van der Waals surface area (Å²) < 4.78 is 6.36. The number of aromatic amines is 1. The van der Waals surface area contributed by atoms with Crippen molar-refractivity contribution in [2.75, 3.05) is 5.32 Å². The van der Waals surface area contributed by atoms with E-state index in [9.17, 15) is 9.59 Å². The van der Waals surface area contributed by atoms with Crippen LogP contribution >= 0.6 is 15.9 Å². The molecule has 1 amide bonds. The third kappa shape index (κ3) is 3.94. The first-order chi connectivity index (χ1) is 13.6. The minimum absolute atomic E-state index is 0.123. The predicted molar refractivity (Wildman–Crippen MR) is 105 cm³/mol. The van der Waals surface area contributed by atoms with Crippen LogP contribution in [0.4, 0.5) is 5.69 Å². The highest BCUT2D eigenvalue weighted by atomic mass is 79.9. The zero-order valence-corrected chi connectivity index (χ0v) is 15.9. The van der Waals surface area contributed by atoms with Crippen molar-refractivity contribution in [1.29, 1.82) is 0 Å². The lowest BCUT2D eigenvalue weighted by molar-refractivity contribution is -0.139. The van der Waals surface area contributed by atoms with Gasteiger partial charge >= 0.3 is 5.97 Å². The second-order valence-corrected chi connectivity index (χ2v) is 6.87. The molecule has 1 aromatic heterocycles. The number of H-pyrrole nitrogens is 1. The maximum absolute atomic E-state index is 12.1. The Morgan fingerprint density at radius 1 is 1.14 bits per heavy atom. The zero-order chi connectivity index (χ0) is 19.5. The molecule has 8 nitrogen and oxygen atoms in total. The Kier molecular flexibility index (Phi) is 4.90. The third-order valence-corrected chi connectivity index (χ3v) is 4.54. The molecule has 0 saturated carbocycles. The fourth-order valence-corrected chi connectivity index (χ4v) is 2.89. The number of aromatic nitrogens is 3. The minimum atomic E-state index is -0.590. The molecule has 28 heavy (non-hydrogen) atoms. The predicted octanol–water partition coefficient (Wildman–Crippen LogP) is 3.01. The van der Waals surface area contributed by atoms with Crippen molar-refractivity contribution in [3.8, 4) is 0 Å². The number of carbonyl (C=O) groups is 2. The van der Waals surface area contributed by atoms with E-state index < -0.39 is 18.1 Å². The molecule has 0 aliphatic carbocycles. The van der Waals surface area contributed by atoms with Gasteiger partial charge in [0.1, 0.15) is 12.0 Å². The number of nitrogens with zero attached hydrogens (tertiary/aromatic N) is 2. The molecule has 0 spiro atoms. The van der Waals surface area contributed by atoms with Gasteiger partial charge in [0.15, 0.2) is 6.23 Å². The van der Waals surface area contributed by atoms with Gasteiger partial charge in [-0.15, -0.1) is 0 Å². The number of benzene rings is 2. The Bertz CT molecular complexity index is 1030. The molecule has 2 heterocycles. The van der Waals surface area contributed by atoms with E-state index in [2.05, 4.69) is 41.7 Å². The Balaban J connectivity index is 1.44. The lowest BCUT2D eigenvalue weighted by Crippen LogP contribution is -2.15. The average Bonchev–Trinajstić information content (AvgIpc) is 3.35. The standard InChI is InChI=1S/C19H14BrN5O3/c20-13-5-1-11(2-6-13)9-15-19(27)28-18(24-15)12-3-7-14(8-4-12)23-17(26)16-21-10-22-25-16/h1-10,18,24H,(H,23,26)(H,21,22,25)/b15-9+/t18-/m0/s1. The van der Waals surface area contributed by atoms with Crippen LogP contribution in [0.25, 0.3) is 6.08 Å². The smallest absolute Gasteiger partial charge is 0.356 e. The molecule has 9 heteroatoms. The van der Waals surface area contributed by atoms with Gasteiger partial charge in [0.25, 0.3) is 5.91 Å². The zero-order valence-electron chi connectivity index (χ0n) is 14.3. The number of carbonyl (C=O) groups excluding carboxylic acids is 2. The quantitative estimate of drug-likeness (QED) is 0.425.